The summed E-state index contributed by atoms with van der Waals surface area (Å²) in [5.74, 6) is -1.51. The number of rotatable bonds is 14. The molecule has 0 atom stereocenters. The highest BCUT2D eigenvalue weighted by Crippen LogP contribution is 2.25. The molecule has 3 heterocycles. The summed E-state index contributed by atoms with van der Waals surface area (Å²) in [4.78, 5) is 51.7. The molecule has 0 saturated heterocycles. The quantitative estimate of drug-likeness (QED) is 0.0770. The highest BCUT2D eigenvalue weighted by Gasteiger charge is 2.20. The molecule has 0 saturated carbocycles. The van der Waals surface area contributed by atoms with Crippen LogP contribution in [0.15, 0.2) is 48.8 Å². The Balaban J connectivity index is 1.50. The number of aryl methyl sites for hydroxylation is 3. The van der Waals surface area contributed by atoms with E-state index in [2.05, 4.69) is 21.3 Å². The van der Waals surface area contributed by atoms with E-state index in [1.54, 1.807) is 72.0 Å². The second-order valence-corrected chi connectivity index (χ2v) is 10.9. The van der Waals surface area contributed by atoms with Gasteiger partial charge in [0.1, 0.15) is 17.1 Å². The van der Waals surface area contributed by atoms with Gasteiger partial charge in [-0.25, -0.2) is 0 Å². The van der Waals surface area contributed by atoms with Crippen LogP contribution >= 0.6 is 0 Å². The van der Waals surface area contributed by atoms with Gasteiger partial charge in [-0.1, -0.05) is 6.92 Å². The van der Waals surface area contributed by atoms with Gasteiger partial charge >= 0.3 is 0 Å². The average Bonchev–Trinajstić information content (AvgIpc) is 3.66. The van der Waals surface area contributed by atoms with E-state index >= 15 is 0 Å². The van der Waals surface area contributed by atoms with E-state index in [1.165, 1.54) is 0 Å². The predicted molar refractivity (Wildman–Crippen MR) is 177 cm³/mol. The smallest absolute Gasteiger partial charge is 0.272 e. The van der Waals surface area contributed by atoms with Crippen LogP contribution in [0.5, 0.6) is 0 Å². The van der Waals surface area contributed by atoms with E-state index in [9.17, 15) is 19.2 Å². The number of nitrogens with one attached hydrogen (secondary N) is 6. The molecule has 15 heteroatoms. The van der Waals surface area contributed by atoms with Gasteiger partial charge in [-0.05, 0) is 42.8 Å². The number of benzene rings is 1. The van der Waals surface area contributed by atoms with Crippen LogP contribution in [0.25, 0.3) is 10.9 Å². The van der Waals surface area contributed by atoms with Crippen LogP contribution in [0.4, 0.5) is 11.4 Å². The van der Waals surface area contributed by atoms with Crippen LogP contribution < -0.4 is 32.7 Å². The summed E-state index contributed by atoms with van der Waals surface area (Å²) < 4.78 is 5.08. The van der Waals surface area contributed by atoms with Gasteiger partial charge in [-0.3, -0.25) is 30.0 Å². The Morgan fingerprint density at radius 1 is 0.717 bits per heavy atom. The van der Waals surface area contributed by atoms with Crippen LogP contribution in [0.3, 0.4) is 0 Å². The first-order valence-corrected chi connectivity index (χ1v) is 14.7. The fraction of sp³-hybridized carbons (Fsp3) is 0.290. The van der Waals surface area contributed by atoms with Gasteiger partial charge in [-0.2, -0.15) is 0 Å². The molecule has 0 aliphatic carbocycles. The topological polar surface area (TPSA) is 231 Å². The highest BCUT2D eigenvalue weighted by atomic mass is 16.2. The molecule has 0 bridgehead atoms. The number of carbonyl (C=O) groups is 4. The normalized spacial score (nSPS) is 10.8. The summed E-state index contributed by atoms with van der Waals surface area (Å²) in [5.41, 5.74) is 13.8. The number of amides is 4. The van der Waals surface area contributed by atoms with E-state index in [-0.39, 0.29) is 61.2 Å². The molecular weight excluding hydrogens is 590 g/mol. The van der Waals surface area contributed by atoms with Crippen molar-refractivity contribution in [1.29, 1.82) is 10.8 Å². The van der Waals surface area contributed by atoms with Crippen molar-refractivity contribution < 1.29 is 19.2 Å². The molecule has 1 aromatic carbocycles. The van der Waals surface area contributed by atoms with E-state index in [0.717, 1.165) is 11.9 Å². The van der Waals surface area contributed by atoms with Crippen LogP contribution in [0.1, 0.15) is 68.0 Å². The van der Waals surface area contributed by atoms with Crippen molar-refractivity contribution in [2.24, 2.45) is 25.6 Å². The number of aromatic nitrogens is 3. The number of amidine groups is 2. The van der Waals surface area contributed by atoms with Gasteiger partial charge in [-0.15, -0.1) is 0 Å². The molecule has 0 aliphatic heterocycles. The number of hydrogen-bond acceptors (Lipinski definition) is 6. The zero-order valence-corrected chi connectivity index (χ0v) is 26.0. The molecule has 4 aromatic rings. The van der Waals surface area contributed by atoms with Crippen molar-refractivity contribution >= 4 is 57.6 Å². The van der Waals surface area contributed by atoms with Crippen molar-refractivity contribution in [3.63, 3.8) is 0 Å². The Bertz CT molecular complexity index is 1830. The first-order chi connectivity index (χ1) is 21.9. The molecule has 46 heavy (non-hydrogen) atoms. The van der Waals surface area contributed by atoms with E-state index in [4.69, 9.17) is 22.3 Å². The lowest BCUT2D eigenvalue weighted by molar-refractivity contribution is 0.0938. The van der Waals surface area contributed by atoms with Gasteiger partial charge < -0.3 is 46.4 Å². The van der Waals surface area contributed by atoms with Crippen molar-refractivity contribution in [3.8, 4) is 0 Å². The molecule has 0 spiro atoms. The number of anilines is 2. The zero-order valence-electron chi connectivity index (χ0n) is 26.0. The van der Waals surface area contributed by atoms with E-state index in [0.29, 0.717) is 46.0 Å². The van der Waals surface area contributed by atoms with Crippen LogP contribution in [-0.2, 0) is 20.6 Å². The number of carbonyl (C=O) groups excluding carboxylic acids is 4. The maximum Gasteiger partial charge on any atom is 0.272 e. The van der Waals surface area contributed by atoms with Crippen LogP contribution in [-0.4, -0.2) is 62.1 Å². The molecule has 4 amide bonds. The number of fused-ring (bicyclic) bond motifs is 1. The lowest BCUT2D eigenvalue weighted by Gasteiger charge is -2.10. The molecule has 0 radical (unpaired) electrons. The van der Waals surface area contributed by atoms with Crippen molar-refractivity contribution in [2.75, 3.05) is 23.7 Å². The SMILES string of the molecule is CCCn1c(C(=O)Nc2cc(C(=O)NCCC(=N)N)n(C)c2)cc2cc(C(=O)Nc3cc(C(=O)NCCC(=N)N)n(C)c3)ccc21. The van der Waals surface area contributed by atoms with Crippen LogP contribution in [0, 0.1) is 10.8 Å². The summed E-state index contributed by atoms with van der Waals surface area (Å²) in [5, 5.41) is 26.4. The summed E-state index contributed by atoms with van der Waals surface area (Å²) in [6, 6.07) is 10.0. The van der Waals surface area contributed by atoms with Crippen LogP contribution in [0.2, 0.25) is 0 Å². The first kappa shape index (κ1) is 33.0. The molecule has 4 rings (SSSR count). The third-order valence-corrected chi connectivity index (χ3v) is 7.19. The maximum absolute atomic E-state index is 13.5. The summed E-state index contributed by atoms with van der Waals surface area (Å²) in [7, 11) is 3.38. The first-order valence-electron chi connectivity index (χ1n) is 14.7. The Labute approximate surface area is 265 Å². The number of nitrogens with zero attached hydrogens (tertiary/aromatic N) is 3. The van der Waals surface area contributed by atoms with Gasteiger partial charge in [0.2, 0.25) is 0 Å². The van der Waals surface area contributed by atoms with Gasteiger partial charge in [0.25, 0.3) is 23.6 Å². The standard InChI is InChI=1S/C31H39N11O4/c1-4-11-42-22-6-5-18(28(43)38-20-14-23(40(2)16-20)29(44)36-9-7-26(32)33)12-19(22)13-25(42)31(46)39-21-15-24(41(3)17-21)30(45)37-10-8-27(34)35/h5-6,12-17H,4,7-11H2,1-3H3,(H3,32,33)(H3,34,35)(H,36,44)(H,37,45)(H,38,43)(H,39,46). The summed E-state index contributed by atoms with van der Waals surface area (Å²) in [6.07, 6.45) is 4.50. The largest absolute Gasteiger partial charge is 0.388 e. The average molecular weight is 630 g/mol. The summed E-state index contributed by atoms with van der Waals surface area (Å²) in [6.45, 7) is 3.02. The number of hydrogen-bond donors (Lipinski definition) is 8. The summed E-state index contributed by atoms with van der Waals surface area (Å²) >= 11 is 0. The van der Waals surface area contributed by atoms with Gasteiger partial charge in [0.15, 0.2) is 0 Å². The second kappa shape index (κ2) is 14.3. The Kier molecular flexibility index (Phi) is 10.3. The van der Waals surface area contributed by atoms with E-state index in [1.807, 2.05) is 11.5 Å². The fourth-order valence-corrected chi connectivity index (χ4v) is 4.98. The lowest BCUT2D eigenvalue weighted by atomic mass is 10.1. The minimum Gasteiger partial charge on any atom is -0.388 e. The highest BCUT2D eigenvalue weighted by molar-refractivity contribution is 6.10. The fourth-order valence-electron chi connectivity index (χ4n) is 4.98. The molecule has 242 valence electrons. The second-order valence-electron chi connectivity index (χ2n) is 10.9. The molecule has 10 N–H and O–H groups in total. The minimum absolute atomic E-state index is 0.0229. The van der Waals surface area contributed by atoms with Crippen molar-refractivity contribution in [1.82, 2.24) is 24.3 Å². The molecule has 3 aromatic heterocycles. The molecular formula is C31H39N11O4. The van der Waals surface area contributed by atoms with Crippen molar-refractivity contribution in [3.05, 3.63) is 71.4 Å². The number of nitrogens with two attached hydrogens (primary N) is 2. The minimum atomic E-state index is -0.385. The Morgan fingerprint density at radius 2 is 1.24 bits per heavy atom. The monoisotopic (exact) mass is 629 g/mol. The third kappa shape index (κ3) is 7.80. The molecule has 0 fully saturated rings. The Morgan fingerprint density at radius 3 is 1.74 bits per heavy atom. The zero-order chi connectivity index (χ0) is 33.5. The Hall–Kier alpha value is -5.86. The van der Waals surface area contributed by atoms with Gasteiger partial charge in [0.05, 0.1) is 23.0 Å². The molecule has 15 nitrogen and oxygen atoms in total. The maximum atomic E-state index is 13.5. The third-order valence-electron chi connectivity index (χ3n) is 7.19. The molecule has 0 aliphatic rings. The molecule has 0 unspecified atom stereocenters. The van der Waals surface area contributed by atoms with Crippen molar-refractivity contribution in [2.45, 2.75) is 32.7 Å². The predicted octanol–water partition coefficient (Wildman–Crippen LogP) is 2.34. The lowest BCUT2D eigenvalue weighted by Crippen LogP contribution is -2.28. The van der Waals surface area contributed by atoms with E-state index < -0.39 is 0 Å². The van der Waals surface area contributed by atoms with Gasteiger partial charge in [0, 0.05) is 75.4 Å².